The van der Waals surface area contributed by atoms with E-state index in [1.54, 1.807) is 12.1 Å². The van der Waals surface area contributed by atoms with E-state index in [0.29, 0.717) is 18.8 Å². The molecule has 0 aliphatic carbocycles. The van der Waals surface area contributed by atoms with E-state index in [1.165, 1.54) is 29.0 Å². The molecule has 2 amide bonds. The molecule has 0 radical (unpaired) electrons. The number of anilines is 1. The van der Waals surface area contributed by atoms with E-state index < -0.39 is 0 Å². The molecule has 4 nitrogen and oxygen atoms in total. The van der Waals surface area contributed by atoms with Crippen molar-refractivity contribution >= 4 is 28.8 Å². The monoisotopic (exact) mass is 394 g/mol. The zero-order valence-corrected chi connectivity index (χ0v) is 16.0. The van der Waals surface area contributed by atoms with Crippen LogP contribution in [0.25, 0.3) is 0 Å². The first-order chi connectivity index (χ1) is 13.6. The molecule has 1 aromatic heterocycles. The normalized spacial score (nSPS) is 13.1. The molecule has 0 unspecified atom stereocenters. The summed E-state index contributed by atoms with van der Waals surface area (Å²) in [5.74, 6) is -0.430. The molecule has 0 fully saturated rings. The van der Waals surface area contributed by atoms with E-state index in [1.807, 2.05) is 40.6 Å². The van der Waals surface area contributed by atoms with Crippen molar-refractivity contribution in [2.75, 3.05) is 11.9 Å². The van der Waals surface area contributed by atoms with Crippen LogP contribution in [0, 0.1) is 5.82 Å². The maximum atomic E-state index is 13.0. The van der Waals surface area contributed by atoms with Gasteiger partial charge in [-0.15, -0.1) is 11.3 Å². The number of carbonyl (C=O) groups excluding carboxylic acids is 2. The van der Waals surface area contributed by atoms with Crippen LogP contribution < -0.4 is 5.32 Å². The van der Waals surface area contributed by atoms with Crippen LogP contribution in [0.15, 0.2) is 60.0 Å². The van der Waals surface area contributed by atoms with Crippen molar-refractivity contribution in [3.05, 3.63) is 87.4 Å². The third-order valence-corrected chi connectivity index (χ3v) is 5.66. The maximum absolute atomic E-state index is 13.0. The molecule has 1 N–H and O–H groups in total. The van der Waals surface area contributed by atoms with Crippen LogP contribution in [0.3, 0.4) is 0 Å². The fraction of sp³-hybridized carbons (Fsp3) is 0.182. The minimum atomic E-state index is -0.319. The van der Waals surface area contributed by atoms with Crippen LogP contribution in [0.2, 0.25) is 0 Å². The second-order valence-corrected chi connectivity index (χ2v) is 7.74. The Balaban J connectivity index is 1.43. The van der Waals surface area contributed by atoms with Gasteiger partial charge in [-0.3, -0.25) is 9.59 Å². The number of nitrogens with one attached hydrogen (secondary N) is 1. The predicted octanol–water partition coefficient (Wildman–Crippen LogP) is 4.27. The van der Waals surface area contributed by atoms with Crippen molar-refractivity contribution in [2.45, 2.75) is 19.4 Å². The van der Waals surface area contributed by atoms with Gasteiger partial charge in [-0.05, 0) is 58.8 Å². The molecule has 1 aliphatic rings. The number of benzene rings is 2. The molecule has 0 atom stereocenters. The third kappa shape index (κ3) is 4.12. The van der Waals surface area contributed by atoms with Gasteiger partial charge in [-0.1, -0.05) is 24.3 Å². The van der Waals surface area contributed by atoms with Crippen LogP contribution >= 0.6 is 11.3 Å². The lowest BCUT2D eigenvalue weighted by atomic mass is 9.98. The zero-order chi connectivity index (χ0) is 19.5. The van der Waals surface area contributed by atoms with Gasteiger partial charge in [-0.25, -0.2) is 4.39 Å². The van der Waals surface area contributed by atoms with Gasteiger partial charge in [0.25, 0.3) is 5.91 Å². The minimum absolute atomic E-state index is 0.0476. The largest absolute Gasteiger partial charge is 0.333 e. The van der Waals surface area contributed by atoms with Crippen molar-refractivity contribution < 1.29 is 14.0 Å². The van der Waals surface area contributed by atoms with Crippen LogP contribution in [-0.2, 0) is 24.2 Å². The molecule has 2 aromatic carbocycles. The van der Waals surface area contributed by atoms with Gasteiger partial charge >= 0.3 is 0 Å². The van der Waals surface area contributed by atoms with E-state index in [9.17, 15) is 14.0 Å². The van der Waals surface area contributed by atoms with Crippen molar-refractivity contribution in [1.29, 1.82) is 0 Å². The standard InChI is InChI=1S/C22H19FN2O2S/c23-18-6-3-15(4-7-18)12-21(26)24-19-8-5-16-9-10-25(14-17(16)13-19)22(27)20-2-1-11-28-20/h1-8,11,13H,9-10,12,14H2,(H,24,26). The number of nitrogens with zero attached hydrogens (tertiary/aromatic N) is 1. The number of carbonyl (C=O) groups is 2. The summed E-state index contributed by atoms with van der Waals surface area (Å²) in [4.78, 5) is 27.5. The summed E-state index contributed by atoms with van der Waals surface area (Å²) in [5.41, 5.74) is 3.71. The van der Waals surface area contributed by atoms with E-state index >= 15 is 0 Å². The molecule has 6 heteroatoms. The lowest BCUT2D eigenvalue weighted by molar-refractivity contribution is -0.115. The molecule has 28 heavy (non-hydrogen) atoms. The van der Waals surface area contributed by atoms with Crippen molar-refractivity contribution in [1.82, 2.24) is 4.90 Å². The first-order valence-electron chi connectivity index (χ1n) is 9.07. The van der Waals surface area contributed by atoms with E-state index in [4.69, 9.17) is 0 Å². The van der Waals surface area contributed by atoms with Crippen LogP contribution in [-0.4, -0.2) is 23.3 Å². The second-order valence-electron chi connectivity index (χ2n) is 6.79. The Bertz CT molecular complexity index is 1000. The first kappa shape index (κ1) is 18.4. The summed E-state index contributed by atoms with van der Waals surface area (Å²) in [6, 6.07) is 15.5. The van der Waals surface area contributed by atoms with Gasteiger partial charge in [0.05, 0.1) is 11.3 Å². The summed E-state index contributed by atoms with van der Waals surface area (Å²) in [7, 11) is 0. The SMILES string of the molecule is O=C(Cc1ccc(F)cc1)Nc1ccc2c(c1)CN(C(=O)c1cccs1)CC2. The number of amides is 2. The molecule has 0 saturated heterocycles. The van der Waals surface area contributed by atoms with Crippen LogP contribution in [0.5, 0.6) is 0 Å². The smallest absolute Gasteiger partial charge is 0.264 e. The molecular weight excluding hydrogens is 375 g/mol. The molecule has 0 spiro atoms. The van der Waals surface area contributed by atoms with E-state index in [2.05, 4.69) is 5.32 Å². The molecule has 0 bridgehead atoms. The Morgan fingerprint density at radius 3 is 2.64 bits per heavy atom. The lowest BCUT2D eigenvalue weighted by Gasteiger charge is -2.29. The van der Waals surface area contributed by atoms with Gasteiger partial charge in [0, 0.05) is 18.8 Å². The van der Waals surface area contributed by atoms with Crippen molar-refractivity contribution in [3.63, 3.8) is 0 Å². The van der Waals surface area contributed by atoms with Crippen LogP contribution in [0.1, 0.15) is 26.4 Å². The Morgan fingerprint density at radius 2 is 1.89 bits per heavy atom. The summed E-state index contributed by atoms with van der Waals surface area (Å²) in [6.07, 6.45) is 0.983. The second kappa shape index (κ2) is 7.94. The molecule has 2 heterocycles. The zero-order valence-electron chi connectivity index (χ0n) is 15.2. The van der Waals surface area contributed by atoms with Gasteiger partial charge in [0.15, 0.2) is 0 Å². The quantitative estimate of drug-likeness (QED) is 0.719. The first-order valence-corrected chi connectivity index (χ1v) is 9.95. The number of hydrogen-bond acceptors (Lipinski definition) is 3. The maximum Gasteiger partial charge on any atom is 0.264 e. The average molecular weight is 394 g/mol. The lowest BCUT2D eigenvalue weighted by Crippen LogP contribution is -2.35. The Kier molecular flexibility index (Phi) is 5.21. The van der Waals surface area contributed by atoms with Gasteiger partial charge < -0.3 is 10.2 Å². The van der Waals surface area contributed by atoms with E-state index in [0.717, 1.165) is 22.4 Å². The Morgan fingerprint density at radius 1 is 1.07 bits per heavy atom. The average Bonchev–Trinajstić information content (AvgIpc) is 3.23. The molecule has 0 saturated carbocycles. The molecule has 142 valence electrons. The number of hydrogen-bond donors (Lipinski definition) is 1. The summed E-state index contributed by atoms with van der Waals surface area (Å²) >= 11 is 1.45. The molecule has 3 aromatic rings. The molecular formula is C22H19FN2O2S. The number of rotatable bonds is 4. The molecule has 4 rings (SSSR count). The minimum Gasteiger partial charge on any atom is -0.333 e. The Labute approximate surface area is 166 Å². The van der Waals surface area contributed by atoms with E-state index in [-0.39, 0.29) is 24.1 Å². The molecule has 1 aliphatic heterocycles. The highest BCUT2D eigenvalue weighted by Crippen LogP contribution is 2.25. The third-order valence-electron chi connectivity index (χ3n) is 4.80. The fourth-order valence-electron chi connectivity index (χ4n) is 3.36. The van der Waals surface area contributed by atoms with Gasteiger partial charge in [-0.2, -0.15) is 0 Å². The fourth-order valence-corrected chi connectivity index (χ4v) is 4.05. The topological polar surface area (TPSA) is 49.4 Å². The number of halogens is 1. The summed E-state index contributed by atoms with van der Waals surface area (Å²) < 4.78 is 13.0. The number of thiophene rings is 1. The Hall–Kier alpha value is -2.99. The van der Waals surface area contributed by atoms with Gasteiger partial charge in [0.2, 0.25) is 5.91 Å². The van der Waals surface area contributed by atoms with Crippen LogP contribution in [0.4, 0.5) is 10.1 Å². The van der Waals surface area contributed by atoms with Crippen molar-refractivity contribution in [2.24, 2.45) is 0 Å². The highest BCUT2D eigenvalue weighted by Gasteiger charge is 2.22. The highest BCUT2D eigenvalue weighted by atomic mass is 32.1. The summed E-state index contributed by atoms with van der Waals surface area (Å²) in [5, 5.41) is 4.80. The summed E-state index contributed by atoms with van der Waals surface area (Å²) in [6.45, 7) is 1.23. The van der Waals surface area contributed by atoms with Gasteiger partial charge in [0.1, 0.15) is 5.82 Å². The predicted molar refractivity (Wildman–Crippen MR) is 108 cm³/mol. The number of fused-ring (bicyclic) bond motifs is 1. The van der Waals surface area contributed by atoms with Crippen molar-refractivity contribution in [3.8, 4) is 0 Å². The highest BCUT2D eigenvalue weighted by molar-refractivity contribution is 7.12.